The average molecular weight is 404 g/mol. The zero-order valence-electron chi connectivity index (χ0n) is 15.6. The van der Waals surface area contributed by atoms with Gasteiger partial charge in [-0.2, -0.15) is 0 Å². The number of hydrogen-bond acceptors (Lipinski definition) is 3. The summed E-state index contributed by atoms with van der Waals surface area (Å²) >= 11 is 6.03. The van der Waals surface area contributed by atoms with E-state index in [1.165, 1.54) is 6.26 Å². The molecule has 0 atom stereocenters. The Morgan fingerprint density at radius 2 is 1.52 bits per heavy atom. The van der Waals surface area contributed by atoms with Crippen LogP contribution in [0.15, 0.2) is 59.0 Å². The molecule has 1 saturated heterocycles. The fourth-order valence-electron chi connectivity index (χ4n) is 3.34. The topological polar surface area (TPSA) is 54.5 Å². The number of nitrogens with zero attached hydrogens (tertiary/aromatic N) is 1. The van der Waals surface area contributed by atoms with Crippen LogP contribution >= 0.6 is 11.6 Å². The van der Waals surface area contributed by atoms with E-state index < -0.39 is 9.84 Å². The van der Waals surface area contributed by atoms with Crippen molar-refractivity contribution in [1.29, 1.82) is 0 Å². The Balaban J connectivity index is 2.16. The Kier molecular flexibility index (Phi) is 5.45. The molecule has 0 saturated carbocycles. The average Bonchev–Trinajstić information content (AvgIpc) is 2.98. The Morgan fingerprint density at radius 3 is 1.96 bits per heavy atom. The number of sulfone groups is 1. The third kappa shape index (κ3) is 4.09. The summed E-state index contributed by atoms with van der Waals surface area (Å²) in [6.45, 7) is 4.69. The second-order valence-corrected chi connectivity index (χ2v) is 9.45. The van der Waals surface area contributed by atoms with E-state index in [1.54, 1.807) is 36.4 Å². The van der Waals surface area contributed by atoms with Crippen LogP contribution in [-0.2, 0) is 14.6 Å². The third-order valence-corrected chi connectivity index (χ3v) is 6.13. The lowest BCUT2D eigenvalue weighted by Gasteiger charge is -2.20. The molecule has 0 aromatic heterocycles. The summed E-state index contributed by atoms with van der Waals surface area (Å²) in [5, 5.41) is 0.622. The second-order valence-electron chi connectivity index (χ2n) is 7.00. The van der Waals surface area contributed by atoms with Gasteiger partial charge in [0, 0.05) is 29.4 Å². The Bertz CT molecular complexity index is 991. The number of carbonyl (C=O) groups excluding carboxylic acids is 1. The summed E-state index contributed by atoms with van der Waals surface area (Å²) in [5.41, 5.74) is 3.29. The van der Waals surface area contributed by atoms with Crippen molar-refractivity contribution >= 4 is 32.9 Å². The van der Waals surface area contributed by atoms with Crippen LogP contribution in [0.4, 0.5) is 0 Å². The number of likely N-dealkylation sites (tertiary alicyclic amines) is 1. The number of carbonyl (C=O) groups is 1. The molecule has 0 radical (unpaired) electrons. The highest BCUT2D eigenvalue weighted by Gasteiger charge is 2.31. The fourth-order valence-corrected chi connectivity index (χ4v) is 4.10. The van der Waals surface area contributed by atoms with Gasteiger partial charge in [-0.3, -0.25) is 4.79 Å². The molecule has 1 heterocycles. The van der Waals surface area contributed by atoms with Crippen LogP contribution in [0.5, 0.6) is 0 Å². The molecule has 1 fully saturated rings. The first-order valence-corrected chi connectivity index (χ1v) is 11.1. The van der Waals surface area contributed by atoms with Crippen molar-refractivity contribution in [3.8, 4) is 0 Å². The van der Waals surface area contributed by atoms with Gasteiger partial charge >= 0.3 is 0 Å². The van der Waals surface area contributed by atoms with Gasteiger partial charge in [-0.25, -0.2) is 8.42 Å². The summed E-state index contributed by atoms with van der Waals surface area (Å²) in [7, 11) is -3.27. The van der Waals surface area contributed by atoms with Crippen LogP contribution < -0.4 is 0 Å². The first-order chi connectivity index (χ1) is 12.7. The molecule has 0 spiro atoms. The number of benzene rings is 2. The highest BCUT2D eigenvalue weighted by atomic mass is 35.5. The largest absolute Gasteiger partial charge is 0.336 e. The van der Waals surface area contributed by atoms with E-state index in [2.05, 4.69) is 0 Å². The van der Waals surface area contributed by atoms with Gasteiger partial charge < -0.3 is 4.90 Å². The molecule has 2 aromatic rings. The van der Waals surface area contributed by atoms with Crippen LogP contribution in [0, 0.1) is 0 Å². The van der Waals surface area contributed by atoms with Crippen LogP contribution in [0.1, 0.15) is 31.4 Å². The van der Waals surface area contributed by atoms with Gasteiger partial charge in [-0.15, -0.1) is 0 Å². The molecule has 1 aliphatic heterocycles. The molecular formula is C21H22ClNO3S. The molecule has 0 aliphatic carbocycles. The minimum atomic E-state index is -3.27. The first kappa shape index (κ1) is 19.6. The summed E-state index contributed by atoms with van der Waals surface area (Å²) in [5.74, 6) is 0.0298. The van der Waals surface area contributed by atoms with Gasteiger partial charge in [0.1, 0.15) is 0 Å². The number of halogens is 1. The highest BCUT2D eigenvalue weighted by Crippen LogP contribution is 2.34. The zero-order chi connectivity index (χ0) is 19.8. The van der Waals surface area contributed by atoms with Crippen molar-refractivity contribution in [3.05, 3.63) is 70.3 Å². The minimum Gasteiger partial charge on any atom is -0.336 e. The number of rotatable bonds is 4. The van der Waals surface area contributed by atoms with Crippen molar-refractivity contribution in [1.82, 2.24) is 4.90 Å². The van der Waals surface area contributed by atoms with Crippen LogP contribution in [0.2, 0.25) is 5.02 Å². The van der Waals surface area contributed by atoms with E-state index >= 15 is 0 Å². The van der Waals surface area contributed by atoms with E-state index in [0.29, 0.717) is 18.0 Å². The van der Waals surface area contributed by atoms with Crippen molar-refractivity contribution in [2.24, 2.45) is 0 Å². The van der Waals surface area contributed by atoms with Gasteiger partial charge in [0.25, 0.3) is 5.91 Å². The predicted molar refractivity (Wildman–Crippen MR) is 108 cm³/mol. The van der Waals surface area contributed by atoms with Gasteiger partial charge in [0.2, 0.25) is 0 Å². The third-order valence-electron chi connectivity index (χ3n) is 4.75. The smallest absolute Gasteiger partial charge is 0.250 e. The predicted octanol–water partition coefficient (Wildman–Crippen LogP) is 4.19. The molecule has 27 heavy (non-hydrogen) atoms. The maximum atomic E-state index is 13.0. The van der Waals surface area contributed by atoms with E-state index in [1.807, 2.05) is 30.9 Å². The highest BCUT2D eigenvalue weighted by molar-refractivity contribution is 7.90. The lowest BCUT2D eigenvalue weighted by molar-refractivity contribution is -0.126. The quantitative estimate of drug-likeness (QED) is 0.719. The summed E-state index contributed by atoms with van der Waals surface area (Å²) in [6, 6.07) is 14.2. The molecular weight excluding hydrogens is 382 g/mol. The van der Waals surface area contributed by atoms with Gasteiger partial charge in [-0.05, 0) is 61.2 Å². The molecule has 0 N–H and O–H groups in total. The maximum Gasteiger partial charge on any atom is 0.250 e. The zero-order valence-corrected chi connectivity index (χ0v) is 17.1. The van der Waals surface area contributed by atoms with E-state index in [-0.39, 0.29) is 16.8 Å². The molecule has 0 unspecified atom stereocenters. The Labute approximate surface area is 165 Å². The van der Waals surface area contributed by atoms with Crippen molar-refractivity contribution in [3.63, 3.8) is 0 Å². The SMILES string of the molecule is CC(C)N1CC/C(=C(/c2ccc(Cl)cc2)c2ccc(S(C)(=O)=O)cc2)C1=O. The standard InChI is InChI=1S/C21H22ClNO3S/c1-14(2)23-13-12-19(21(23)24)20(15-4-8-17(22)9-5-15)16-6-10-18(11-7-16)27(3,25)26/h4-11,14H,12-13H2,1-3H3/b20-19+. The normalized spacial score (nSPS) is 16.9. The van der Waals surface area contributed by atoms with Crippen molar-refractivity contribution < 1.29 is 13.2 Å². The van der Waals surface area contributed by atoms with Crippen LogP contribution in [-0.4, -0.2) is 38.1 Å². The van der Waals surface area contributed by atoms with E-state index in [4.69, 9.17) is 11.6 Å². The van der Waals surface area contributed by atoms with E-state index in [9.17, 15) is 13.2 Å². The van der Waals surface area contributed by atoms with Crippen molar-refractivity contribution in [2.75, 3.05) is 12.8 Å². The molecule has 1 aliphatic rings. The first-order valence-electron chi connectivity index (χ1n) is 8.79. The second kappa shape index (κ2) is 7.49. The molecule has 142 valence electrons. The minimum absolute atomic E-state index is 0.0298. The summed E-state index contributed by atoms with van der Waals surface area (Å²) in [4.78, 5) is 15.1. The Hall–Kier alpha value is -2.11. The van der Waals surface area contributed by atoms with Crippen molar-refractivity contribution in [2.45, 2.75) is 31.2 Å². The molecule has 4 nitrogen and oxygen atoms in total. The van der Waals surface area contributed by atoms with E-state index in [0.717, 1.165) is 22.3 Å². The molecule has 2 aromatic carbocycles. The van der Waals surface area contributed by atoms with Crippen LogP contribution in [0.25, 0.3) is 5.57 Å². The molecule has 6 heteroatoms. The summed E-state index contributed by atoms with van der Waals surface area (Å²) < 4.78 is 23.5. The van der Waals surface area contributed by atoms with Gasteiger partial charge in [0.15, 0.2) is 9.84 Å². The number of hydrogen-bond donors (Lipinski definition) is 0. The maximum absolute atomic E-state index is 13.0. The monoisotopic (exact) mass is 403 g/mol. The summed E-state index contributed by atoms with van der Waals surface area (Å²) in [6.07, 6.45) is 1.84. The Morgan fingerprint density at radius 1 is 1.00 bits per heavy atom. The molecule has 1 amide bonds. The molecule has 0 bridgehead atoms. The van der Waals surface area contributed by atoms with Crippen LogP contribution in [0.3, 0.4) is 0 Å². The van der Waals surface area contributed by atoms with Gasteiger partial charge in [0.05, 0.1) is 4.90 Å². The molecule has 3 rings (SSSR count). The fraction of sp³-hybridized carbons (Fsp3) is 0.286. The van der Waals surface area contributed by atoms with Gasteiger partial charge in [-0.1, -0.05) is 35.9 Å². The number of amides is 1. The lowest BCUT2D eigenvalue weighted by atomic mass is 9.92. The lowest BCUT2D eigenvalue weighted by Crippen LogP contribution is -2.32.